The first-order valence-corrected chi connectivity index (χ1v) is 4.85. The van der Waals surface area contributed by atoms with Gasteiger partial charge in [-0.15, -0.1) is 0 Å². The highest BCUT2D eigenvalue weighted by atomic mass is 16.3. The minimum absolute atomic E-state index is 0.0293. The Morgan fingerprint density at radius 1 is 1.27 bits per heavy atom. The Kier molecular flexibility index (Phi) is 3.79. The van der Waals surface area contributed by atoms with Crippen molar-refractivity contribution in [3.05, 3.63) is 0 Å². The maximum Gasteiger partial charge on any atom is 0.316 e. The van der Waals surface area contributed by atoms with E-state index in [1.165, 1.54) is 0 Å². The molecular formula is C9H15N3O3. The van der Waals surface area contributed by atoms with E-state index in [9.17, 15) is 9.59 Å². The molecule has 84 valence electrons. The number of rotatable bonds is 4. The molecule has 1 aliphatic rings. The molecule has 0 radical (unpaired) electrons. The molecule has 1 rings (SSSR count). The summed E-state index contributed by atoms with van der Waals surface area (Å²) in [5, 5.41) is 13.5. The van der Waals surface area contributed by atoms with Gasteiger partial charge in [-0.1, -0.05) is 13.8 Å². The second-order valence-corrected chi connectivity index (χ2v) is 3.71. The van der Waals surface area contributed by atoms with E-state index in [1.807, 2.05) is 13.8 Å². The molecule has 0 spiro atoms. The highest BCUT2D eigenvalue weighted by molar-refractivity contribution is 6.45. The lowest BCUT2D eigenvalue weighted by Gasteiger charge is -2.15. The number of amides is 2. The van der Waals surface area contributed by atoms with Gasteiger partial charge in [0.25, 0.3) is 0 Å². The van der Waals surface area contributed by atoms with Crippen LogP contribution in [-0.2, 0) is 9.59 Å². The van der Waals surface area contributed by atoms with Crippen LogP contribution in [0.5, 0.6) is 0 Å². The molecule has 1 aliphatic heterocycles. The van der Waals surface area contributed by atoms with Gasteiger partial charge in [-0.05, 0) is 12.3 Å². The van der Waals surface area contributed by atoms with E-state index in [0.29, 0.717) is 6.42 Å². The number of hydrogen-bond donors (Lipinski definition) is 3. The summed E-state index contributed by atoms with van der Waals surface area (Å²) in [6, 6.07) is -0.108. The van der Waals surface area contributed by atoms with E-state index in [1.54, 1.807) is 0 Å². The second kappa shape index (κ2) is 4.88. The third kappa shape index (κ3) is 3.02. The molecule has 0 aromatic rings. The summed E-state index contributed by atoms with van der Waals surface area (Å²) < 4.78 is 0. The van der Waals surface area contributed by atoms with Crippen LogP contribution in [0.15, 0.2) is 4.99 Å². The molecule has 3 N–H and O–H groups in total. The van der Waals surface area contributed by atoms with E-state index >= 15 is 0 Å². The molecule has 1 heterocycles. The fraction of sp³-hybridized carbons (Fsp3) is 0.667. The molecular weight excluding hydrogens is 198 g/mol. The molecule has 0 saturated carbocycles. The van der Waals surface area contributed by atoms with Crippen LogP contribution in [0.4, 0.5) is 0 Å². The molecule has 6 nitrogen and oxygen atoms in total. The van der Waals surface area contributed by atoms with Gasteiger partial charge < -0.3 is 5.11 Å². The third-order valence-electron chi connectivity index (χ3n) is 2.16. The van der Waals surface area contributed by atoms with Gasteiger partial charge in [0.15, 0.2) is 0 Å². The average Bonchev–Trinajstić information content (AvgIpc) is 2.45. The molecule has 1 atom stereocenters. The maximum atomic E-state index is 10.8. The van der Waals surface area contributed by atoms with Crippen LogP contribution in [0.25, 0.3) is 0 Å². The van der Waals surface area contributed by atoms with E-state index < -0.39 is 11.8 Å². The van der Waals surface area contributed by atoms with Gasteiger partial charge in [-0.3, -0.25) is 20.2 Å². The fourth-order valence-corrected chi connectivity index (χ4v) is 1.27. The van der Waals surface area contributed by atoms with Crippen molar-refractivity contribution < 1.29 is 14.7 Å². The number of carbonyl (C=O) groups excluding carboxylic acids is 2. The second-order valence-electron chi connectivity index (χ2n) is 3.71. The molecule has 6 heteroatoms. The van der Waals surface area contributed by atoms with Crippen LogP contribution in [0, 0.1) is 5.92 Å². The molecule has 0 aromatic heterocycles. The average molecular weight is 213 g/mol. The lowest BCUT2D eigenvalue weighted by molar-refractivity contribution is -0.135. The van der Waals surface area contributed by atoms with Crippen LogP contribution in [0.1, 0.15) is 20.3 Å². The Balaban J connectivity index is 2.68. The van der Waals surface area contributed by atoms with Gasteiger partial charge in [0.05, 0.1) is 6.04 Å². The van der Waals surface area contributed by atoms with Crippen molar-refractivity contribution in [1.29, 1.82) is 0 Å². The quantitative estimate of drug-likeness (QED) is 0.523. The fourth-order valence-electron chi connectivity index (χ4n) is 1.27. The van der Waals surface area contributed by atoms with E-state index in [0.717, 1.165) is 0 Å². The maximum absolute atomic E-state index is 10.8. The first kappa shape index (κ1) is 11.6. The Morgan fingerprint density at radius 3 is 2.20 bits per heavy atom. The molecule has 15 heavy (non-hydrogen) atoms. The van der Waals surface area contributed by atoms with Gasteiger partial charge in [0, 0.05) is 6.61 Å². The van der Waals surface area contributed by atoms with Crippen molar-refractivity contribution in [3.8, 4) is 0 Å². The third-order valence-corrected chi connectivity index (χ3v) is 2.16. The van der Waals surface area contributed by atoms with Crippen molar-refractivity contribution >= 4 is 17.8 Å². The minimum atomic E-state index is -0.694. The zero-order valence-corrected chi connectivity index (χ0v) is 8.78. The van der Waals surface area contributed by atoms with Crippen LogP contribution < -0.4 is 10.6 Å². The zero-order chi connectivity index (χ0) is 11.4. The number of aliphatic hydroxyl groups is 1. The number of aliphatic hydroxyl groups excluding tert-OH is 1. The summed E-state index contributed by atoms with van der Waals surface area (Å²) in [5.74, 6) is -0.975. The summed E-state index contributed by atoms with van der Waals surface area (Å²) in [4.78, 5) is 25.8. The zero-order valence-electron chi connectivity index (χ0n) is 8.78. The monoisotopic (exact) mass is 213 g/mol. The number of carbonyl (C=O) groups is 2. The highest BCUT2D eigenvalue weighted by Gasteiger charge is 2.26. The van der Waals surface area contributed by atoms with Gasteiger partial charge in [-0.2, -0.15) is 0 Å². The molecule has 1 fully saturated rings. The molecule has 0 aliphatic carbocycles. The number of guanidine groups is 1. The standard InChI is InChI=1S/C9H15N3O3/c1-5(2)6(3-4-13)10-9-11-7(14)8(15)12-9/h5-6,13H,3-4H2,1-2H3,(H2,10,11,12,14,15). The van der Waals surface area contributed by atoms with E-state index in [-0.39, 0.29) is 24.5 Å². The van der Waals surface area contributed by atoms with Gasteiger partial charge >= 0.3 is 11.8 Å². The molecule has 2 amide bonds. The summed E-state index contributed by atoms with van der Waals surface area (Å²) in [6.07, 6.45) is 0.507. The predicted molar refractivity (Wildman–Crippen MR) is 54.0 cm³/mol. The number of nitrogens with zero attached hydrogens (tertiary/aromatic N) is 1. The summed E-state index contributed by atoms with van der Waals surface area (Å²) in [5.41, 5.74) is 0. The Bertz CT molecular complexity index is 281. The largest absolute Gasteiger partial charge is 0.396 e. The Hall–Kier alpha value is -1.43. The minimum Gasteiger partial charge on any atom is -0.396 e. The SMILES string of the molecule is CC(C)C(CCO)N=C1NC(=O)C(=O)N1. The van der Waals surface area contributed by atoms with Gasteiger partial charge in [0.2, 0.25) is 5.96 Å². The number of aliphatic imine (C=N–C) groups is 1. The lowest BCUT2D eigenvalue weighted by Crippen LogP contribution is -2.29. The normalized spacial score (nSPS) is 17.7. The lowest BCUT2D eigenvalue weighted by atomic mass is 10.0. The highest BCUT2D eigenvalue weighted by Crippen LogP contribution is 2.10. The smallest absolute Gasteiger partial charge is 0.316 e. The Morgan fingerprint density at radius 2 is 1.80 bits per heavy atom. The van der Waals surface area contributed by atoms with Gasteiger partial charge in [0.1, 0.15) is 0 Å². The Labute approximate surface area is 87.8 Å². The summed E-state index contributed by atoms with van der Waals surface area (Å²) in [6.45, 7) is 3.95. The molecule has 0 bridgehead atoms. The van der Waals surface area contributed by atoms with Crippen LogP contribution >= 0.6 is 0 Å². The van der Waals surface area contributed by atoms with Crippen molar-refractivity contribution in [2.24, 2.45) is 10.9 Å². The van der Waals surface area contributed by atoms with Crippen molar-refractivity contribution in [2.75, 3.05) is 6.61 Å². The summed E-state index contributed by atoms with van der Waals surface area (Å²) >= 11 is 0. The van der Waals surface area contributed by atoms with Crippen molar-refractivity contribution in [2.45, 2.75) is 26.3 Å². The molecule has 1 saturated heterocycles. The van der Waals surface area contributed by atoms with Crippen molar-refractivity contribution in [1.82, 2.24) is 10.6 Å². The van der Waals surface area contributed by atoms with E-state index in [4.69, 9.17) is 5.11 Å². The van der Waals surface area contributed by atoms with E-state index in [2.05, 4.69) is 15.6 Å². The van der Waals surface area contributed by atoms with Crippen molar-refractivity contribution in [3.63, 3.8) is 0 Å². The summed E-state index contributed by atoms with van der Waals surface area (Å²) in [7, 11) is 0. The van der Waals surface area contributed by atoms with Crippen LogP contribution in [0.2, 0.25) is 0 Å². The van der Waals surface area contributed by atoms with Crippen LogP contribution in [-0.4, -0.2) is 35.5 Å². The molecule has 1 unspecified atom stereocenters. The first-order valence-electron chi connectivity index (χ1n) is 4.85. The predicted octanol–water partition coefficient (Wildman–Crippen LogP) is -1.00. The first-order chi connectivity index (χ1) is 7.04. The number of nitrogens with one attached hydrogen (secondary N) is 2. The molecule has 0 aromatic carbocycles. The number of hydrogen-bond acceptors (Lipinski definition) is 4. The van der Waals surface area contributed by atoms with Gasteiger partial charge in [-0.25, -0.2) is 4.99 Å². The van der Waals surface area contributed by atoms with Crippen LogP contribution in [0.3, 0.4) is 0 Å². The topological polar surface area (TPSA) is 90.8 Å².